The summed E-state index contributed by atoms with van der Waals surface area (Å²) in [5.41, 5.74) is -1.09. The lowest BCUT2D eigenvalue weighted by Gasteiger charge is -2.13. The summed E-state index contributed by atoms with van der Waals surface area (Å²) in [6.07, 6.45) is 1.18. The molecule has 0 radical (unpaired) electrons. The van der Waals surface area contributed by atoms with Crippen molar-refractivity contribution < 1.29 is 22.7 Å². The predicted molar refractivity (Wildman–Crippen MR) is 74.4 cm³/mol. The Morgan fingerprint density at radius 1 is 1.05 bits per heavy atom. The fourth-order valence-corrected chi connectivity index (χ4v) is 2.25. The maximum absolute atomic E-state index is 13.4. The lowest BCUT2D eigenvalue weighted by molar-refractivity contribution is -0.140. The van der Waals surface area contributed by atoms with Crippen molar-refractivity contribution in [2.45, 2.75) is 64.1 Å². The molecule has 0 aromatic heterocycles. The van der Waals surface area contributed by atoms with Crippen LogP contribution in [0.4, 0.5) is 17.6 Å². The third kappa shape index (κ3) is 6.04. The molecule has 1 N–H and O–H groups in total. The van der Waals surface area contributed by atoms with E-state index in [1.54, 1.807) is 0 Å². The van der Waals surface area contributed by atoms with Crippen molar-refractivity contribution in [3.8, 4) is 0 Å². The maximum atomic E-state index is 13.4. The second kappa shape index (κ2) is 8.37. The van der Waals surface area contributed by atoms with Gasteiger partial charge in [-0.25, -0.2) is 4.39 Å². The molecule has 1 atom stereocenters. The van der Waals surface area contributed by atoms with E-state index in [2.05, 4.69) is 6.92 Å². The van der Waals surface area contributed by atoms with Crippen LogP contribution in [0.3, 0.4) is 0 Å². The summed E-state index contributed by atoms with van der Waals surface area (Å²) < 4.78 is 50.7. The highest BCUT2D eigenvalue weighted by Gasteiger charge is 2.34. The molecule has 1 aromatic rings. The molecule has 0 saturated heterocycles. The monoisotopic (exact) mass is 306 g/mol. The van der Waals surface area contributed by atoms with E-state index in [4.69, 9.17) is 0 Å². The molecule has 1 rings (SSSR count). The molecule has 0 aliphatic carbocycles. The Balaban J connectivity index is 2.48. The molecule has 0 amide bonds. The molecular formula is C16H22F4O. The van der Waals surface area contributed by atoms with E-state index in [1.165, 1.54) is 6.42 Å². The number of halogens is 4. The number of benzene rings is 1. The van der Waals surface area contributed by atoms with Crippen molar-refractivity contribution in [2.75, 3.05) is 0 Å². The van der Waals surface area contributed by atoms with Crippen LogP contribution in [0.2, 0.25) is 0 Å². The molecule has 5 heteroatoms. The van der Waals surface area contributed by atoms with Gasteiger partial charge in [0.1, 0.15) is 5.82 Å². The molecule has 0 aliphatic rings. The number of aliphatic hydroxyl groups excluding tert-OH is 1. The minimum absolute atomic E-state index is 0.203. The predicted octanol–water partition coefficient (Wildman–Crippen LogP) is 5.63. The van der Waals surface area contributed by atoms with Crippen molar-refractivity contribution in [2.24, 2.45) is 0 Å². The zero-order chi connectivity index (χ0) is 15.9. The van der Waals surface area contributed by atoms with Gasteiger partial charge >= 0.3 is 6.18 Å². The number of unbranched alkanes of at least 4 members (excludes halogenated alkanes) is 5. The van der Waals surface area contributed by atoms with Gasteiger partial charge in [-0.05, 0) is 24.1 Å². The quantitative estimate of drug-likeness (QED) is 0.487. The van der Waals surface area contributed by atoms with E-state index in [0.717, 1.165) is 44.2 Å². The number of rotatable bonds is 8. The summed E-state index contributed by atoms with van der Waals surface area (Å²) in [5.74, 6) is -1.33. The van der Waals surface area contributed by atoms with Crippen LogP contribution in [0.15, 0.2) is 18.2 Å². The first kappa shape index (κ1) is 18.0. The van der Waals surface area contributed by atoms with Crippen LogP contribution in [-0.4, -0.2) is 5.11 Å². The van der Waals surface area contributed by atoms with Gasteiger partial charge in [0.05, 0.1) is 11.7 Å². The molecule has 0 spiro atoms. The second-order valence-corrected chi connectivity index (χ2v) is 5.31. The van der Waals surface area contributed by atoms with Gasteiger partial charge in [-0.2, -0.15) is 13.2 Å². The SMILES string of the molecule is CCCCCCCCC(O)c1ccc(C(F)(F)F)c(F)c1. The molecule has 1 nitrogen and oxygen atoms in total. The number of aliphatic hydroxyl groups is 1. The number of alkyl halides is 3. The van der Waals surface area contributed by atoms with E-state index < -0.39 is 23.7 Å². The Kier molecular flexibility index (Phi) is 7.15. The first-order valence-corrected chi connectivity index (χ1v) is 7.41. The van der Waals surface area contributed by atoms with Crippen LogP contribution in [0.5, 0.6) is 0 Å². The van der Waals surface area contributed by atoms with Crippen molar-refractivity contribution in [3.05, 3.63) is 35.1 Å². The molecule has 0 bridgehead atoms. The van der Waals surface area contributed by atoms with Crippen molar-refractivity contribution >= 4 is 0 Å². The molecule has 1 unspecified atom stereocenters. The van der Waals surface area contributed by atoms with Crippen LogP contribution >= 0.6 is 0 Å². The third-order valence-corrected chi connectivity index (χ3v) is 3.51. The van der Waals surface area contributed by atoms with E-state index in [9.17, 15) is 22.7 Å². The fraction of sp³-hybridized carbons (Fsp3) is 0.625. The summed E-state index contributed by atoms with van der Waals surface area (Å²) in [6.45, 7) is 2.13. The van der Waals surface area contributed by atoms with Gasteiger partial charge in [0, 0.05) is 0 Å². The van der Waals surface area contributed by atoms with Crippen LogP contribution < -0.4 is 0 Å². The van der Waals surface area contributed by atoms with E-state index >= 15 is 0 Å². The maximum Gasteiger partial charge on any atom is 0.419 e. The lowest BCUT2D eigenvalue weighted by Crippen LogP contribution is -2.09. The molecule has 120 valence electrons. The highest BCUT2D eigenvalue weighted by atomic mass is 19.4. The highest BCUT2D eigenvalue weighted by Crippen LogP contribution is 2.33. The Morgan fingerprint density at radius 3 is 2.24 bits per heavy atom. The summed E-state index contributed by atoms with van der Waals surface area (Å²) >= 11 is 0. The molecule has 0 fully saturated rings. The van der Waals surface area contributed by atoms with Crippen LogP contribution in [-0.2, 0) is 6.18 Å². The van der Waals surface area contributed by atoms with Gasteiger partial charge in [-0.15, -0.1) is 0 Å². The molecule has 0 aliphatic heterocycles. The topological polar surface area (TPSA) is 20.2 Å². The van der Waals surface area contributed by atoms with E-state index in [-0.39, 0.29) is 5.56 Å². The third-order valence-electron chi connectivity index (χ3n) is 3.51. The largest absolute Gasteiger partial charge is 0.419 e. The summed E-state index contributed by atoms with van der Waals surface area (Å²) in [5, 5.41) is 9.89. The number of hydrogen-bond donors (Lipinski definition) is 1. The summed E-state index contributed by atoms with van der Waals surface area (Å²) in [6, 6.07) is 2.62. The van der Waals surface area contributed by atoms with Gasteiger partial charge in [-0.1, -0.05) is 51.5 Å². The molecule has 0 saturated carbocycles. The van der Waals surface area contributed by atoms with Crippen molar-refractivity contribution in [3.63, 3.8) is 0 Å². The Bertz CT molecular complexity index is 429. The lowest BCUT2D eigenvalue weighted by atomic mass is 10.0. The van der Waals surface area contributed by atoms with Gasteiger partial charge in [-0.3, -0.25) is 0 Å². The second-order valence-electron chi connectivity index (χ2n) is 5.31. The molecule has 1 aromatic carbocycles. The average Bonchev–Trinajstić information content (AvgIpc) is 2.41. The number of hydrogen-bond acceptors (Lipinski definition) is 1. The van der Waals surface area contributed by atoms with E-state index in [0.29, 0.717) is 12.5 Å². The van der Waals surface area contributed by atoms with Gasteiger partial charge in [0.25, 0.3) is 0 Å². The first-order chi connectivity index (χ1) is 9.86. The Labute approximate surface area is 123 Å². The zero-order valence-electron chi connectivity index (χ0n) is 12.2. The van der Waals surface area contributed by atoms with E-state index in [1.807, 2.05) is 0 Å². The average molecular weight is 306 g/mol. The Hall–Kier alpha value is -1.10. The van der Waals surface area contributed by atoms with Crippen LogP contribution in [0.25, 0.3) is 0 Å². The minimum atomic E-state index is -4.70. The summed E-state index contributed by atoms with van der Waals surface area (Å²) in [4.78, 5) is 0. The Morgan fingerprint density at radius 2 is 1.67 bits per heavy atom. The fourth-order valence-electron chi connectivity index (χ4n) is 2.25. The van der Waals surface area contributed by atoms with Crippen molar-refractivity contribution in [1.29, 1.82) is 0 Å². The van der Waals surface area contributed by atoms with Crippen LogP contribution in [0.1, 0.15) is 69.1 Å². The molecule has 21 heavy (non-hydrogen) atoms. The molecular weight excluding hydrogens is 284 g/mol. The standard InChI is InChI=1S/C16H22F4O/c1-2-3-4-5-6-7-8-15(21)12-9-10-13(14(17)11-12)16(18,19)20/h9-11,15,21H,2-8H2,1H3. The van der Waals surface area contributed by atoms with Gasteiger partial charge in [0.15, 0.2) is 0 Å². The smallest absolute Gasteiger partial charge is 0.388 e. The van der Waals surface area contributed by atoms with Gasteiger partial charge in [0.2, 0.25) is 0 Å². The highest BCUT2D eigenvalue weighted by molar-refractivity contribution is 5.27. The normalized spacial score (nSPS) is 13.4. The minimum Gasteiger partial charge on any atom is -0.388 e. The summed E-state index contributed by atoms with van der Waals surface area (Å²) in [7, 11) is 0. The zero-order valence-corrected chi connectivity index (χ0v) is 12.2. The van der Waals surface area contributed by atoms with Gasteiger partial charge < -0.3 is 5.11 Å². The first-order valence-electron chi connectivity index (χ1n) is 7.41. The van der Waals surface area contributed by atoms with Crippen LogP contribution in [0, 0.1) is 5.82 Å². The molecule has 0 heterocycles. The van der Waals surface area contributed by atoms with Crippen molar-refractivity contribution in [1.82, 2.24) is 0 Å².